The Bertz CT molecular complexity index is 661. The lowest BCUT2D eigenvalue weighted by Gasteiger charge is -2.10. The van der Waals surface area contributed by atoms with Crippen LogP contribution in [0.1, 0.15) is 21.6 Å². The summed E-state index contributed by atoms with van der Waals surface area (Å²) in [5.74, 6) is -0.222. The summed E-state index contributed by atoms with van der Waals surface area (Å²) in [7, 11) is 0. The van der Waals surface area contributed by atoms with E-state index in [2.05, 4.69) is 15.3 Å². The van der Waals surface area contributed by atoms with Crippen molar-refractivity contribution >= 4 is 35.0 Å². The number of aromatic nitrogens is 2. The summed E-state index contributed by atoms with van der Waals surface area (Å²) in [6.07, 6.45) is 3.44. The van der Waals surface area contributed by atoms with Crippen LogP contribution in [0.3, 0.4) is 0 Å². The van der Waals surface area contributed by atoms with Gasteiger partial charge in [-0.1, -0.05) is 23.4 Å². The second-order valence-corrected chi connectivity index (χ2v) is 5.48. The van der Waals surface area contributed by atoms with E-state index < -0.39 is 0 Å². The van der Waals surface area contributed by atoms with Crippen molar-refractivity contribution in [2.75, 3.05) is 11.6 Å². The first-order chi connectivity index (χ1) is 9.51. The molecule has 4 nitrogen and oxygen atoms in total. The molecule has 20 heavy (non-hydrogen) atoms. The van der Waals surface area contributed by atoms with Gasteiger partial charge < -0.3 is 5.32 Å². The molecule has 2 rings (SSSR count). The molecule has 1 aromatic heterocycles. The average Bonchev–Trinajstić information content (AvgIpc) is 2.41. The standard InChI is InChI=1S/C14H14ClN3OS/c1-8-6-10(15)4-5-12(8)18-13(19)11-7-16-14(20-3)17-9(11)2/h4-7H,1-3H3,(H,18,19). The Labute approximate surface area is 127 Å². The van der Waals surface area contributed by atoms with Gasteiger partial charge in [-0.15, -0.1) is 0 Å². The lowest BCUT2D eigenvalue weighted by atomic mass is 10.2. The van der Waals surface area contributed by atoms with Crippen molar-refractivity contribution < 1.29 is 4.79 Å². The fourth-order valence-corrected chi connectivity index (χ4v) is 2.34. The summed E-state index contributed by atoms with van der Waals surface area (Å²) in [6, 6.07) is 5.32. The number of carbonyl (C=O) groups is 1. The highest BCUT2D eigenvalue weighted by Gasteiger charge is 2.13. The van der Waals surface area contributed by atoms with E-state index in [9.17, 15) is 4.79 Å². The molecule has 0 fully saturated rings. The van der Waals surface area contributed by atoms with Crippen molar-refractivity contribution in [2.45, 2.75) is 19.0 Å². The number of rotatable bonds is 3. The van der Waals surface area contributed by atoms with Crippen molar-refractivity contribution in [3.8, 4) is 0 Å². The molecule has 0 aliphatic heterocycles. The Morgan fingerprint density at radius 3 is 2.70 bits per heavy atom. The molecule has 6 heteroatoms. The van der Waals surface area contributed by atoms with Crippen molar-refractivity contribution in [2.24, 2.45) is 0 Å². The van der Waals surface area contributed by atoms with E-state index in [1.807, 2.05) is 13.2 Å². The van der Waals surface area contributed by atoms with Gasteiger partial charge in [0.2, 0.25) is 0 Å². The number of nitrogens with zero attached hydrogens (tertiary/aromatic N) is 2. The lowest BCUT2D eigenvalue weighted by Crippen LogP contribution is -2.15. The van der Waals surface area contributed by atoms with Gasteiger partial charge in [0.05, 0.1) is 11.3 Å². The van der Waals surface area contributed by atoms with Crippen molar-refractivity contribution in [3.05, 3.63) is 46.2 Å². The molecule has 2 aromatic rings. The van der Waals surface area contributed by atoms with E-state index in [0.29, 0.717) is 21.4 Å². The van der Waals surface area contributed by atoms with Crippen LogP contribution in [0.2, 0.25) is 5.02 Å². The van der Waals surface area contributed by atoms with Gasteiger partial charge in [0.25, 0.3) is 5.91 Å². The maximum Gasteiger partial charge on any atom is 0.259 e. The number of anilines is 1. The first kappa shape index (κ1) is 14.8. The molecular weight excluding hydrogens is 294 g/mol. The summed E-state index contributed by atoms with van der Waals surface area (Å²) < 4.78 is 0. The van der Waals surface area contributed by atoms with Gasteiger partial charge in [0.1, 0.15) is 0 Å². The van der Waals surface area contributed by atoms with Crippen LogP contribution < -0.4 is 5.32 Å². The summed E-state index contributed by atoms with van der Waals surface area (Å²) >= 11 is 7.34. The molecular formula is C14H14ClN3OS. The van der Waals surface area contributed by atoms with Crippen molar-refractivity contribution in [1.29, 1.82) is 0 Å². The van der Waals surface area contributed by atoms with Gasteiger partial charge >= 0.3 is 0 Å². The van der Waals surface area contributed by atoms with Gasteiger partial charge in [-0.3, -0.25) is 4.79 Å². The Morgan fingerprint density at radius 1 is 1.35 bits per heavy atom. The third-order valence-electron chi connectivity index (χ3n) is 2.82. The van der Waals surface area contributed by atoms with E-state index in [-0.39, 0.29) is 5.91 Å². The van der Waals surface area contributed by atoms with Crippen LogP contribution in [-0.4, -0.2) is 22.1 Å². The quantitative estimate of drug-likeness (QED) is 0.693. The molecule has 0 saturated carbocycles. The van der Waals surface area contributed by atoms with E-state index in [0.717, 1.165) is 11.3 Å². The number of nitrogens with one attached hydrogen (secondary N) is 1. The van der Waals surface area contributed by atoms with Crippen LogP contribution in [0.4, 0.5) is 5.69 Å². The molecule has 1 N–H and O–H groups in total. The summed E-state index contributed by atoms with van der Waals surface area (Å²) in [6.45, 7) is 3.69. The molecule has 1 amide bonds. The second-order valence-electron chi connectivity index (χ2n) is 4.27. The van der Waals surface area contributed by atoms with Crippen LogP contribution in [0.15, 0.2) is 29.6 Å². The van der Waals surface area contributed by atoms with Gasteiger partial charge in [-0.2, -0.15) is 0 Å². The highest BCUT2D eigenvalue weighted by molar-refractivity contribution is 7.98. The molecule has 0 aliphatic carbocycles. The minimum atomic E-state index is -0.222. The van der Waals surface area contributed by atoms with Crippen LogP contribution in [0, 0.1) is 13.8 Å². The fraction of sp³-hybridized carbons (Fsp3) is 0.214. The summed E-state index contributed by atoms with van der Waals surface area (Å²) in [5.41, 5.74) is 2.77. The summed E-state index contributed by atoms with van der Waals surface area (Å²) in [4.78, 5) is 20.6. The number of amides is 1. The zero-order valence-corrected chi connectivity index (χ0v) is 13.0. The minimum Gasteiger partial charge on any atom is -0.322 e. The molecule has 0 radical (unpaired) electrons. The molecule has 1 aromatic carbocycles. The van der Waals surface area contributed by atoms with Crippen LogP contribution >= 0.6 is 23.4 Å². The van der Waals surface area contributed by atoms with Crippen LogP contribution in [0.25, 0.3) is 0 Å². The number of aryl methyl sites for hydroxylation is 2. The number of hydrogen-bond acceptors (Lipinski definition) is 4. The van der Waals surface area contributed by atoms with E-state index in [1.54, 1.807) is 31.3 Å². The van der Waals surface area contributed by atoms with E-state index in [1.165, 1.54) is 11.8 Å². The monoisotopic (exact) mass is 307 g/mol. The highest BCUT2D eigenvalue weighted by atomic mass is 35.5. The Hall–Kier alpha value is -1.59. The molecule has 104 valence electrons. The van der Waals surface area contributed by atoms with Crippen LogP contribution in [0.5, 0.6) is 0 Å². The SMILES string of the molecule is CSc1ncc(C(=O)Nc2ccc(Cl)cc2C)c(C)n1. The average molecular weight is 308 g/mol. The molecule has 0 aliphatic rings. The third-order valence-corrected chi connectivity index (χ3v) is 3.62. The zero-order chi connectivity index (χ0) is 14.7. The number of benzene rings is 1. The smallest absolute Gasteiger partial charge is 0.259 e. The van der Waals surface area contributed by atoms with Gasteiger partial charge in [-0.25, -0.2) is 9.97 Å². The molecule has 1 heterocycles. The normalized spacial score (nSPS) is 10.4. The molecule has 0 bridgehead atoms. The predicted molar refractivity (Wildman–Crippen MR) is 82.7 cm³/mol. The molecule has 0 saturated heterocycles. The first-order valence-electron chi connectivity index (χ1n) is 5.96. The largest absolute Gasteiger partial charge is 0.322 e. The maximum absolute atomic E-state index is 12.2. The zero-order valence-electron chi connectivity index (χ0n) is 11.4. The first-order valence-corrected chi connectivity index (χ1v) is 7.56. The number of thioether (sulfide) groups is 1. The Morgan fingerprint density at radius 2 is 2.10 bits per heavy atom. The molecule has 0 atom stereocenters. The lowest BCUT2D eigenvalue weighted by molar-refractivity contribution is 0.102. The minimum absolute atomic E-state index is 0.222. The van der Waals surface area contributed by atoms with Gasteiger partial charge in [0.15, 0.2) is 5.16 Å². The van der Waals surface area contributed by atoms with Gasteiger partial charge in [0, 0.05) is 16.9 Å². The number of carbonyl (C=O) groups excluding carboxylic acids is 1. The van der Waals surface area contributed by atoms with E-state index >= 15 is 0 Å². The van der Waals surface area contributed by atoms with Crippen molar-refractivity contribution in [1.82, 2.24) is 9.97 Å². The van der Waals surface area contributed by atoms with E-state index in [4.69, 9.17) is 11.6 Å². The topological polar surface area (TPSA) is 54.9 Å². The van der Waals surface area contributed by atoms with Gasteiger partial charge in [-0.05, 0) is 43.9 Å². The van der Waals surface area contributed by atoms with Crippen molar-refractivity contribution in [3.63, 3.8) is 0 Å². The summed E-state index contributed by atoms with van der Waals surface area (Å²) in [5, 5.41) is 4.14. The highest BCUT2D eigenvalue weighted by Crippen LogP contribution is 2.20. The molecule has 0 spiro atoms. The third kappa shape index (κ3) is 3.29. The number of hydrogen-bond donors (Lipinski definition) is 1. The fourth-order valence-electron chi connectivity index (χ4n) is 1.72. The molecule has 0 unspecified atom stereocenters. The van der Waals surface area contributed by atoms with Crippen LogP contribution in [-0.2, 0) is 0 Å². The second kappa shape index (κ2) is 6.24. The Kier molecular flexibility index (Phi) is 4.62. The maximum atomic E-state index is 12.2. The Balaban J connectivity index is 2.24. The predicted octanol–water partition coefficient (Wildman–Crippen LogP) is 3.72. The number of halogens is 1.